The Balaban J connectivity index is 1.32. The Kier molecular flexibility index (Phi) is 5.30. The van der Waals surface area contributed by atoms with Gasteiger partial charge >= 0.3 is 0 Å². The molecule has 0 spiro atoms. The van der Waals surface area contributed by atoms with E-state index in [0.29, 0.717) is 31.9 Å². The lowest BCUT2D eigenvalue weighted by atomic mass is 9.85. The van der Waals surface area contributed by atoms with Gasteiger partial charge in [0.25, 0.3) is 5.91 Å². The van der Waals surface area contributed by atoms with Gasteiger partial charge in [-0.25, -0.2) is 13.4 Å². The second kappa shape index (κ2) is 8.39. The number of hydrogen-bond donors (Lipinski definition) is 1. The predicted octanol–water partition coefficient (Wildman–Crippen LogP) is 2.77. The fourth-order valence-electron chi connectivity index (χ4n) is 5.33. The number of sulfonamides is 1. The maximum Gasteiger partial charge on any atom is 0.272 e. The van der Waals surface area contributed by atoms with E-state index in [1.165, 1.54) is 27.1 Å². The second-order valence-corrected chi connectivity index (χ2v) is 11.3. The molecule has 1 aliphatic heterocycles. The molecule has 0 radical (unpaired) electrons. The van der Waals surface area contributed by atoms with Crippen LogP contribution in [-0.2, 0) is 22.9 Å². The number of rotatable bonds is 3. The van der Waals surface area contributed by atoms with Crippen molar-refractivity contribution in [1.82, 2.24) is 29.4 Å². The minimum Gasteiger partial charge on any atom is -0.335 e. The quantitative estimate of drug-likeness (QED) is 0.473. The van der Waals surface area contributed by atoms with Crippen molar-refractivity contribution in [3.8, 4) is 11.3 Å². The first-order valence-corrected chi connectivity index (χ1v) is 13.7. The van der Waals surface area contributed by atoms with E-state index in [1.54, 1.807) is 17.2 Å². The molecular formula is C25H26N6O3S. The number of aryl methyl sites for hydroxylation is 1. The van der Waals surface area contributed by atoms with Crippen LogP contribution in [0.25, 0.3) is 33.1 Å². The summed E-state index contributed by atoms with van der Waals surface area (Å²) in [5, 5.41) is 9.58. The number of pyridine rings is 2. The van der Waals surface area contributed by atoms with Crippen LogP contribution in [0.1, 0.15) is 34.5 Å². The molecule has 1 aromatic carbocycles. The molecule has 1 amide bonds. The van der Waals surface area contributed by atoms with Crippen molar-refractivity contribution < 1.29 is 13.2 Å². The van der Waals surface area contributed by atoms with Gasteiger partial charge in [-0.3, -0.25) is 14.9 Å². The van der Waals surface area contributed by atoms with Gasteiger partial charge in [0.2, 0.25) is 10.0 Å². The molecular weight excluding hydrogens is 464 g/mol. The topological polar surface area (TPSA) is 112 Å². The third-order valence-electron chi connectivity index (χ3n) is 7.14. The Hall–Kier alpha value is -3.37. The van der Waals surface area contributed by atoms with Gasteiger partial charge in [0.1, 0.15) is 5.69 Å². The summed E-state index contributed by atoms with van der Waals surface area (Å²) in [5.74, 6) is -0.180. The number of H-pyrrole nitrogens is 1. The molecule has 35 heavy (non-hydrogen) atoms. The van der Waals surface area contributed by atoms with E-state index in [0.717, 1.165) is 53.4 Å². The van der Waals surface area contributed by atoms with Gasteiger partial charge in [0, 0.05) is 48.7 Å². The summed E-state index contributed by atoms with van der Waals surface area (Å²) in [6, 6.07) is 7.73. The highest BCUT2D eigenvalue weighted by Gasteiger charge is 2.27. The summed E-state index contributed by atoms with van der Waals surface area (Å²) in [5.41, 5.74) is 6.75. The summed E-state index contributed by atoms with van der Waals surface area (Å²) in [7, 11) is -3.24. The Morgan fingerprint density at radius 3 is 2.46 bits per heavy atom. The number of benzene rings is 1. The second-order valence-electron chi connectivity index (χ2n) is 9.30. The maximum atomic E-state index is 13.0. The summed E-state index contributed by atoms with van der Waals surface area (Å²) in [4.78, 5) is 24.2. The molecule has 2 aliphatic rings. The van der Waals surface area contributed by atoms with Crippen molar-refractivity contribution in [2.45, 2.75) is 25.7 Å². The average molecular weight is 491 g/mol. The summed E-state index contributed by atoms with van der Waals surface area (Å²) < 4.78 is 24.9. The molecule has 1 saturated heterocycles. The monoisotopic (exact) mass is 490 g/mol. The minimum absolute atomic E-state index is 0.180. The number of piperazine rings is 1. The number of aromatic nitrogens is 4. The van der Waals surface area contributed by atoms with Crippen molar-refractivity contribution in [2.75, 3.05) is 32.4 Å². The summed E-state index contributed by atoms with van der Waals surface area (Å²) in [6.07, 6.45) is 9.06. The Labute approximate surface area is 203 Å². The zero-order chi connectivity index (χ0) is 24.2. The molecule has 0 unspecified atom stereocenters. The van der Waals surface area contributed by atoms with E-state index < -0.39 is 10.0 Å². The molecule has 1 fully saturated rings. The van der Waals surface area contributed by atoms with E-state index in [4.69, 9.17) is 4.98 Å². The van der Waals surface area contributed by atoms with Gasteiger partial charge in [0.05, 0.1) is 29.2 Å². The highest BCUT2D eigenvalue weighted by molar-refractivity contribution is 7.88. The molecule has 0 atom stereocenters. The van der Waals surface area contributed by atoms with Crippen LogP contribution in [0.15, 0.2) is 36.7 Å². The van der Waals surface area contributed by atoms with Gasteiger partial charge in [-0.05, 0) is 61.1 Å². The molecule has 9 nitrogen and oxygen atoms in total. The smallest absolute Gasteiger partial charge is 0.272 e. The number of amides is 1. The Bertz CT molecular complexity index is 1550. The lowest BCUT2D eigenvalue weighted by Crippen LogP contribution is -2.50. The van der Waals surface area contributed by atoms with E-state index in [2.05, 4.69) is 15.2 Å². The molecule has 4 aromatic rings. The Morgan fingerprint density at radius 2 is 1.74 bits per heavy atom. The number of hydrogen-bond acceptors (Lipinski definition) is 6. The fourth-order valence-corrected chi connectivity index (χ4v) is 6.16. The number of fused-ring (bicyclic) bond motifs is 5. The summed E-state index contributed by atoms with van der Waals surface area (Å²) >= 11 is 0. The Morgan fingerprint density at radius 1 is 0.971 bits per heavy atom. The molecule has 0 bridgehead atoms. The summed E-state index contributed by atoms with van der Waals surface area (Å²) in [6.45, 7) is 1.33. The highest BCUT2D eigenvalue weighted by atomic mass is 32.2. The molecule has 180 valence electrons. The van der Waals surface area contributed by atoms with Crippen LogP contribution in [0.5, 0.6) is 0 Å². The van der Waals surface area contributed by atoms with Gasteiger partial charge in [-0.1, -0.05) is 0 Å². The largest absolute Gasteiger partial charge is 0.335 e. The number of nitrogens with zero attached hydrogens (tertiary/aromatic N) is 5. The van der Waals surface area contributed by atoms with Gasteiger partial charge in [0.15, 0.2) is 0 Å². The number of carbonyl (C=O) groups excluding carboxylic acids is 1. The molecule has 10 heteroatoms. The van der Waals surface area contributed by atoms with Crippen LogP contribution in [0.3, 0.4) is 0 Å². The van der Waals surface area contributed by atoms with E-state index in [-0.39, 0.29) is 5.91 Å². The predicted molar refractivity (Wildman–Crippen MR) is 134 cm³/mol. The number of carbonyl (C=O) groups is 1. The van der Waals surface area contributed by atoms with Crippen LogP contribution in [0, 0.1) is 0 Å². The first-order valence-electron chi connectivity index (χ1n) is 11.9. The van der Waals surface area contributed by atoms with Crippen molar-refractivity contribution in [2.24, 2.45) is 0 Å². The van der Waals surface area contributed by atoms with Crippen molar-refractivity contribution in [3.63, 3.8) is 0 Å². The zero-order valence-corrected chi connectivity index (χ0v) is 20.3. The first-order chi connectivity index (χ1) is 16.9. The van der Waals surface area contributed by atoms with Gasteiger partial charge < -0.3 is 4.90 Å². The van der Waals surface area contributed by atoms with Gasteiger partial charge in [-0.2, -0.15) is 9.40 Å². The van der Waals surface area contributed by atoms with Crippen molar-refractivity contribution in [1.29, 1.82) is 0 Å². The minimum atomic E-state index is -3.24. The van der Waals surface area contributed by atoms with Crippen LogP contribution in [0.4, 0.5) is 0 Å². The average Bonchev–Trinajstić information content (AvgIpc) is 3.36. The fraction of sp³-hybridized carbons (Fsp3) is 0.360. The number of nitrogens with one attached hydrogen (secondary N) is 1. The van der Waals surface area contributed by atoms with Crippen molar-refractivity contribution in [3.05, 3.63) is 53.5 Å². The van der Waals surface area contributed by atoms with Crippen molar-refractivity contribution >= 4 is 37.7 Å². The molecule has 6 rings (SSSR count). The normalized spacial score (nSPS) is 17.1. The van der Waals surface area contributed by atoms with E-state index >= 15 is 0 Å². The van der Waals surface area contributed by atoms with Gasteiger partial charge in [-0.15, -0.1) is 0 Å². The number of aromatic amines is 1. The van der Waals surface area contributed by atoms with Crippen LogP contribution in [-0.4, -0.2) is 76.1 Å². The highest BCUT2D eigenvalue weighted by Crippen LogP contribution is 2.37. The third kappa shape index (κ3) is 3.86. The zero-order valence-electron chi connectivity index (χ0n) is 19.5. The van der Waals surface area contributed by atoms with Crippen LogP contribution >= 0.6 is 0 Å². The molecule has 3 aromatic heterocycles. The van der Waals surface area contributed by atoms with Crippen LogP contribution in [0.2, 0.25) is 0 Å². The standard InChI is InChI=1S/C25H26N6O3S/c1-35(33,34)31-12-10-30(11-13-31)25(32)22-7-6-16(14-26-22)24-18-5-3-2-4-17(18)23-19-15-27-29-20(19)8-9-21(23)28-24/h6-9,14-15H,2-5,10-13H2,1H3,(H,27,29). The molecule has 4 heterocycles. The first kappa shape index (κ1) is 22.1. The SMILES string of the molecule is CS(=O)(=O)N1CCN(C(=O)c2ccc(-c3nc4ccc5[nH]ncc5c4c4c3CCCC4)cn2)CC1. The lowest BCUT2D eigenvalue weighted by Gasteiger charge is -2.33. The molecule has 1 aliphatic carbocycles. The van der Waals surface area contributed by atoms with E-state index in [1.807, 2.05) is 24.4 Å². The maximum absolute atomic E-state index is 13.0. The molecule has 0 saturated carbocycles. The molecule has 1 N–H and O–H groups in total. The van der Waals surface area contributed by atoms with Crippen LogP contribution < -0.4 is 0 Å². The lowest BCUT2D eigenvalue weighted by molar-refractivity contribution is 0.0692. The van der Waals surface area contributed by atoms with E-state index in [9.17, 15) is 13.2 Å². The third-order valence-corrected chi connectivity index (χ3v) is 8.44.